The maximum atomic E-state index is 5.48. The van der Waals surface area contributed by atoms with E-state index in [2.05, 4.69) is 11.4 Å². The van der Waals surface area contributed by atoms with Crippen LogP contribution >= 0.6 is 0 Å². The van der Waals surface area contributed by atoms with Gasteiger partial charge in [-0.2, -0.15) is 0 Å². The highest BCUT2D eigenvalue weighted by Gasteiger charge is 2.15. The first kappa shape index (κ1) is 15.7. The van der Waals surface area contributed by atoms with Crippen molar-refractivity contribution in [3.05, 3.63) is 29.3 Å². The molecule has 1 N–H and O–H groups in total. The predicted octanol–water partition coefficient (Wildman–Crippen LogP) is 3.30. The summed E-state index contributed by atoms with van der Waals surface area (Å²) in [7, 11) is 4.92. The van der Waals surface area contributed by atoms with Crippen molar-refractivity contribution in [3.63, 3.8) is 0 Å². The van der Waals surface area contributed by atoms with Crippen molar-refractivity contribution in [3.8, 4) is 17.2 Å². The molecular formula is C17H25NO3. The first-order chi connectivity index (χ1) is 10.3. The molecule has 0 radical (unpaired) electrons. The number of hydrogen-bond acceptors (Lipinski definition) is 4. The van der Waals surface area contributed by atoms with Gasteiger partial charge >= 0.3 is 0 Å². The molecule has 0 saturated heterocycles. The van der Waals surface area contributed by atoms with Crippen molar-refractivity contribution in [1.82, 2.24) is 5.32 Å². The van der Waals surface area contributed by atoms with Crippen LogP contribution in [0.2, 0.25) is 0 Å². The van der Waals surface area contributed by atoms with E-state index in [4.69, 9.17) is 14.2 Å². The fraction of sp³-hybridized carbons (Fsp3) is 0.529. The molecule has 21 heavy (non-hydrogen) atoms. The van der Waals surface area contributed by atoms with Crippen molar-refractivity contribution in [2.45, 2.75) is 32.2 Å². The van der Waals surface area contributed by atoms with Crippen LogP contribution in [0.25, 0.3) is 0 Å². The van der Waals surface area contributed by atoms with Gasteiger partial charge < -0.3 is 19.5 Å². The SMILES string of the molecule is COc1ccc(CNCCC2=CCCC2)c(OC)c1OC. The lowest BCUT2D eigenvalue weighted by molar-refractivity contribution is 0.321. The zero-order valence-electron chi connectivity index (χ0n) is 13.2. The summed E-state index contributed by atoms with van der Waals surface area (Å²) >= 11 is 0. The predicted molar refractivity (Wildman–Crippen MR) is 84.4 cm³/mol. The van der Waals surface area contributed by atoms with Crippen molar-refractivity contribution >= 4 is 0 Å². The topological polar surface area (TPSA) is 39.7 Å². The van der Waals surface area contributed by atoms with Gasteiger partial charge in [-0.05, 0) is 38.3 Å². The molecule has 116 valence electrons. The molecule has 4 nitrogen and oxygen atoms in total. The minimum Gasteiger partial charge on any atom is -0.493 e. The molecule has 0 bridgehead atoms. The molecule has 0 spiro atoms. The lowest BCUT2D eigenvalue weighted by Gasteiger charge is -2.16. The Kier molecular flexibility index (Phi) is 5.93. The molecule has 1 aliphatic carbocycles. The molecule has 0 aromatic heterocycles. The number of hydrogen-bond donors (Lipinski definition) is 1. The van der Waals surface area contributed by atoms with Crippen LogP contribution in [0.5, 0.6) is 17.2 Å². The van der Waals surface area contributed by atoms with Crippen LogP contribution in [0.3, 0.4) is 0 Å². The molecule has 0 saturated carbocycles. The Morgan fingerprint density at radius 1 is 1.05 bits per heavy atom. The molecule has 0 unspecified atom stereocenters. The molecule has 0 fully saturated rings. The van der Waals surface area contributed by atoms with Crippen molar-refractivity contribution in [2.24, 2.45) is 0 Å². The molecule has 0 atom stereocenters. The first-order valence-electron chi connectivity index (χ1n) is 7.46. The van der Waals surface area contributed by atoms with Gasteiger partial charge in [0.2, 0.25) is 5.75 Å². The van der Waals surface area contributed by atoms with E-state index in [1.807, 2.05) is 12.1 Å². The summed E-state index contributed by atoms with van der Waals surface area (Å²) in [6, 6.07) is 3.93. The zero-order chi connectivity index (χ0) is 15.1. The van der Waals surface area contributed by atoms with E-state index >= 15 is 0 Å². The fourth-order valence-corrected chi connectivity index (χ4v) is 2.74. The number of methoxy groups -OCH3 is 3. The highest BCUT2D eigenvalue weighted by atomic mass is 16.5. The Hall–Kier alpha value is -1.68. The molecule has 4 heteroatoms. The minimum absolute atomic E-state index is 0.651. The number of rotatable bonds is 8. The van der Waals surface area contributed by atoms with E-state index in [-0.39, 0.29) is 0 Å². The Balaban J connectivity index is 1.95. The Labute approximate surface area is 127 Å². The van der Waals surface area contributed by atoms with Crippen LogP contribution in [-0.2, 0) is 6.54 Å². The van der Waals surface area contributed by atoms with E-state index in [0.29, 0.717) is 11.5 Å². The van der Waals surface area contributed by atoms with Crippen LogP contribution in [0.4, 0.5) is 0 Å². The molecule has 2 rings (SSSR count). The van der Waals surface area contributed by atoms with Crippen molar-refractivity contribution in [2.75, 3.05) is 27.9 Å². The van der Waals surface area contributed by atoms with Gasteiger partial charge in [0.25, 0.3) is 0 Å². The number of allylic oxidation sites excluding steroid dienone is 1. The zero-order valence-corrected chi connectivity index (χ0v) is 13.2. The summed E-state index contributed by atoms with van der Waals surface area (Å²) in [5.74, 6) is 2.08. The molecule has 0 aliphatic heterocycles. The summed E-state index contributed by atoms with van der Waals surface area (Å²) in [4.78, 5) is 0. The highest BCUT2D eigenvalue weighted by molar-refractivity contribution is 5.55. The first-order valence-corrected chi connectivity index (χ1v) is 7.46. The normalized spacial score (nSPS) is 14.0. The summed E-state index contributed by atoms with van der Waals surface area (Å²) in [5.41, 5.74) is 2.66. The largest absolute Gasteiger partial charge is 0.493 e. The summed E-state index contributed by atoms with van der Waals surface area (Å²) in [6.45, 7) is 1.75. The quantitative estimate of drug-likeness (QED) is 0.589. The third kappa shape index (κ3) is 3.91. The van der Waals surface area contributed by atoms with Gasteiger partial charge in [-0.25, -0.2) is 0 Å². The lowest BCUT2D eigenvalue weighted by Crippen LogP contribution is -2.16. The van der Waals surface area contributed by atoms with E-state index in [9.17, 15) is 0 Å². The summed E-state index contributed by atoms with van der Waals surface area (Å²) in [6.07, 6.45) is 7.34. The number of ether oxygens (including phenoxy) is 3. The van der Waals surface area contributed by atoms with Gasteiger partial charge in [0, 0.05) is 12.1 Å². The number of benzene rings is 1. The maximum absolute atomic E-state index is 5.48. The lowest BCUT2D eigenvalue weighted by atomic mass is 10.1. The van der Waals surface area contributed by atoms with Crippen molar-refractivity contribution in [1.29, 1.82) is 0 Å². The van der Waals surface area contributed by atoms with E-state index in [1.165, 1.54) is 19.3 Å². The van der Waals surface area contributed by atoms with Crippen LogP contribution in [0.15, 0.2) is 23.8 Å². The standard InChI is InChI=1S/C17H25NO3/c1-19-15-9-8-14(16(20-2)17(15)21-3)12-18-11-10-13-6-4-5-7-13/h6,8-9,18H,4-5,7,10-12H2,1-3H3. The molecule has 1 aromatic carbocycles. The second kappa shape index (κ2) is 7.93. The van der Waals surface area contributed by atoms with Crippen molar-refractivity contribution < 1.29 is 14.2 Å². The number of nitrogens with one attached hydrogen (secondary N) is 1. The second-order valence-electron chi connectivity index (χ2n) is 5.17. The summed E-state index contributed by atoms with van der Waals surface area (Å²) in [5, 5.41) is 3.47. The second-order valence-corrected chi connectivity index (χ2v) is 5.17. The maximum Gasteiger partial charge on any atom is 0.203 e. The van der Waals surface area contributed by atoms with Gasteiger partial charge in [-0.1, -0.05) is 17.7 Å². The van der Waals surface area contributed by atoms with Crippen LogP contribution in [0.1, 0.15) is 31.2 Å². The molecule has 0 heterocycles. The average molecular weight is 291 g/mol. The van der Waals surface area contributed by atoms with Gasteiger partial charge in [-0.15, -0.1) is 0 Å². The third-order valence-electron chi connectivity index (χ3n) is 3.86. The van der Waals surface area contributed by atoms with Crippen LogP contribution < -0.4 is 19.5 Å². The van der Waals surface area contributed by atoms with Gasteiger partial charge in [-0.3, -0.25) is 0 Å². The Bertz CT molecular complexity index is 497. The average Bonchev–Trinajstić information content (AvgIpc) is 3.03. The molecule has 1 aliphatic rings. The summed E-state index contributed by atoms with van der Waals surface area (Å²) < 4.78 is 16.2. The van der Waals surface area contributed by atoms with Gasteiger partial charge in [0.05, 0.1) is 21.3 Å². The van der Waals surface area contributed by atoms with Gasteiger partial charge in [0.1, 0.15) is 0 Å². The van der Waals surface area contributed by atoms with E-state index in [1.54, 1.807) is 26.9 Å². The minimum atomic E-state index is 0.651. The Morgan fingerprint density at radius 2 is 1.86 bits per heavy atom. The van der Waals surface area contributed by atoms with Crippen LogP contribution in [-0.4, -0.2) is 27.9 Å². The van der Waals surface area contributed by atoms with E-state index in [0.717, 1.165) is 30.8 Å². The third-order valence-corrected chi connectivity index (χ3v) is 3.86. The van der Waals surface area contributed by atoms with E-state index < -0.39 is 0 Å². The van der Waals surface area contributed by atoms with Gasteiger partial charge in [0.15, 0.2) is 11.5 Å². The molecular weight excluding hydrogens is 266 g/mol. The highest BCUT2D eigenvalue weighted by Crippen LogP contribution is 2.39. The molecule has 1 aromatic rings. The molecule has 0 amide bonds. The Morgan fingerprint density at radius 3 is 2.48 bits per heavy atom. The monoisotopic (exact) mass is 291 g/mol. The fourth-order valence-electron chi connectivity index (χ4n) is 2.74. The smallest absolute Gasteiger partial charge is 0.203 e. The van der Waals surface area contributed by atoms with Crippen LogP contribution in [0, 0.1) is 0 Å².